The van der Waals surface area contributed by atoms with Gasteiger partial charge in [-0.15, -0.1) is 0 Å². The van der Waals surface area contributed by atoms with E-state index in [1.165, 1.54) is 0 Å². The van der Waals surface area contributed by atoms with E-state index in [2.05, 4.69) is 13.8 Å². The Kier molecular flexibility index (Phi) is 5.85. The second kappa shape index (κ2) is 6.34. The van der Waals surface area contributed by atoms with Crippen LogP contribution in [0.5, 0.6) is 0 Å². The Bertz CT molecular complexity index is 141. The molecule has 54 valence electrons. The Morgan fingerprint density at radius 2 is 1.60 bits per heavy atom. The summed E-state index contributed by atoms with van der Waals surface area (Å²) in [5.74, 6) is 0. The van der Waals surface area contributed by atoms with Crippen molar-refractivity contribution in [1.82, 2.24) is 0 Å². The van der Waals surface area contributed by atoms with Crippen molar-refractivity contribution >= 4 is 0 Å². The topological polar surface area (TPSA) is 0 Å². The molecule has 0 aliphatic carbocycles. The van der Waals surface area contributed by atoms with Gasteiger partial charge in [-0.3, -0.25) is 0 Å². The third-order valence-electron chi connectivity index (χ3n) is 0.843. The van der Waals surface area contributed by atoms with Gasteiger partial charge in [-0.25, -0.2) is 0 Å². The molecule has 0 saturated carbocycles. The molecule has 0 nitrogen and oxygen atoms in total. The van der Waals surface area contributed by atoms with E-state index in [1.54, 1.807) is 0 Å². The first kappa shape index (κ1) is 9.22. The smallest absolute Gasteiger partial charge is 0.0238 e. The molecule has 0 aromatic heterocycles. The van der Waals surface area contributed by atoms with Crippen LogP contribution < -0.4 is 0 Å². The van der Waals surface area contributed by atoms with Crippen LogP contribution in [0.3, 0.4) is 0 Å². The number of hydrogen-bond donors (Lipinski definition) is 0. The van der Waals surface area contributed by atoms with E-state index >= 15 is 0 Å². The van der Waals surface area contributed by atoms with Crippen LogP contribution in [0.1, 0.15) is 18.9 Å². The molecule has 0 fully saturated rings. The van der Waals surface area contributed by atoms with Crippen molar-refractivity contribution in [1.29, 1.82) is 0 Å². The molecule has 0 aliphatic rings. The first-order valence-corrected chi connectivity index (χ1v) is 3.47. The lowest BCUT2D eigenvalue weighted by atomic mass is 10.2. The van der Waals surface area contributed by atoms with Gasteiger partial charge in [-0.2, -0.15) is 0 Å². The Morgan fingerprint density at radius 3 is 1.80 bits per heavy atom. The summed E-state index contributed by atoms with van der Waals surface area (Å²) >= 11 is 0. The quantitative estimate of drug-likeness (QED) is 0.511. The summed E-state index contributed by atoms with van der Waals surface area (Å²) in [5.41, 5.74) is 1.07. The molecule has 0 spiro atoms. The highest BCUT2D eigenvalue weighted by Gasteiger charge is 1.72. The van der Waals surface area contributed by atoms with Gasteiger partial charge in [-0.1, -0.05) is 50.6 Å². The van der Waals surface area contributed by atoms with Gasteiger partial charge in [0.15, 0.2) is 0 Å². The molecule has 2 radical (unpaired) electrons. The van der Waals surface area contributed by atoms with Crippen molar-refractivity contribution in [2.75, 3.05) is 0 Å². The molecule has 0 heteroatoms. The van der Waals surface area contributed by atoms with Gasteiger partial charge in [0.2, 0.25) is 0 Å². The largest absolute Gasteiger partial charge is 0.0654 e. The normalized spacial score (nSPS) is 7.90. The summed E-state index contributed by atoms with van der Waals surface area (Å²) in [6.07, 6.45) is 1.00. The molecule has 1 aromatic carbocycles. The van der Waals surface area contributed by atoms with Crippen LogP contribution in [0.4, 0.5) is 0 Å². The van der Waals surface area contributed by atoms with Crippen LogP contribution >= 0.6 is 0 Å². The fourth-order valence-electron chi connectivity index (χ4n) is 0.478. The minimum atomic E-state index is 1.00. The van der Waals surface area contributed by atoms with E-state index in [0.29, 0.717) is 0 Å². The van der Waals surface area contributed by atoms with Crippen LogP contribution in [-0.2, 0) is 0 Å². The monoisotopic (exact) mass is 134 g/mol. The van der Waals surface area contributed by atoms with E-state index in [-0.39, 0.29) is 0 Å². The van der Waals surface area contributed by atoms with Gasteiger partial charge < -0.3 is 0 Å². The summed E-state index contributed by atoms with van der Waals surface area (Å²) in [6.45, 7) is 9.22. The van der Waals surface area contributed by atoms with Crippen molar-refractivity contribution in [2.24, 2.45) is 0 Å². The summed E-state index contributed by atoms with van der Waals surface area (Å²) in [5, 5.41) is 0. The number of rotatable bonds is 0. The molecule has 1 aromatic rings. The van der Waals surface area contributed by atoms with Gasteiger partial charge >= 0.3 is 0 Å². The molecule has 0 heterocycles. The van der Waals surface area contributed by atoms with Crippen molar-refractivity contribution in [3.8, 4) is 0 Å². The van der Waals surface area contributed by atoms with Crippen LogP contribution in [0.2, 0.25) is 0 Å². The van der Waals surface area contributed by atoms with E-state index in [0.717, 1.165) is 12.0 Å². The van der Waals surface area contributed by atoms with Crippen LogP contribution in [0, 0.1) is 13.8 Å². The molecule has 0 bridgehead atoms. The summed E-state index contributed by atoms with van der Waals surface area (Å²) in [7, 11) is 0. The third-order valence-corrected chi connectivity index (χ3v) is 0.843. The van der Waals surface area contributed by atoms with Gasteiger partial charge in [0.05, 0.1) is 0 Å². The summed E-state index contributed by atoms with van der Waals surface area (Å²) in [4.78, 5) is 0. The molecule has 0 amide bonds. The fraction of sp³-hybridized carbons (Fsp3) is 0.200. The average molecular weight is 134 g/mol. The molecule has 0 unspecified atom stereocenters. The third kappa shape index (κ3) is 5.36. The Morgan fingerprint density at radius 1 is 1.20 bits per heavy atom. The van der Waals surface area contributed by atoms with Crippen molar-refractivity contribution in [2.45, 2.75) is 13.3 Å². The molecular weight excluding hydrogens is 120 g/mol. The summed E-state index contributed by atoms with van der Waals surface area (Å²) in [6, 6.07) is 9.87. The zero-order valence-electron chi connectivity index (χ0n) is 6.51. The standard InChI is InChI=1S/C7H7.C3H7/c1-7-5-3-2-4-6-7;1-3-2/h2-6H,1H2;1,3H2,2H3. The zero-order valence-corrected chi connectivity index (χ0v) is 6.51. The molecule has 0 atom stereocenters. The number of hydrogen-bond acceptors (Lipinski definition) is 0. The van der Waals surface area contributed by atoms with Crippen LogP contribution in [0.15, 0.2) is 30.3 Å². The minimum absolute atomic E-state index is 1.00. The van der Waals surface area contributed by atoms with E-state index in [1.807, 2.05) is 37.3 Å². The zero-order chi connectivity index (χ0) is 7.82. The molecule has 1 rings (SSSR count). The average Bonchev–Trinajstić information content (AvgIpc) is 1.91. The van der Waals surface area contributed by atoms with Gasteiger partial charge in [0, 0.05) is 0 Å². The lowest BCUT2D eigenvalue weighted by Crippen LogP contribution is -1.62. The highest BCUT2D eigenvalue weighted by molar-refractivity contribution is 5.16. The first-order valence-electron chi connectivity index (χ1n) is 3.47. The highest BCUT2D eigenvalue weighted by atomic mass is 13.8. The first-order chi connectivity index (χ1) is 4.81. The Labute approximate surface area is 63.9 Å². The fourth-order valence-corrected chi connectivity index (χ4v) is 0.478. The molecular formula is C10H14. The van der Waals surface area contributed by atoms with Crippen molar-refractivity contribution < 1.29 is 0 Å². The second-order valence-corrected chi connectivity index (χ2v) is 1.99. The van der Waals surface area contributed by atoms with E-state index < -0.39 is 0 Å². The lowest BCUT2D eigenvalue weighted by Gasteiger charge is -1.82. The van der Waals surface area contributed by atoms with Crippen molar-refractivity contribution in [3.05, 3.63) is 49.7 Å². The highest BCUT2D eigenvalue weighted by Crippen LogP contribution is 1.92. The van der Waals surface area contributed by atoms with E-state index in [4.69, 9.17) is 0 Å². The van der Waals surface area contributed by atoms with Crippen molar-refractivity contribution in [3.63, 3.8) is 0 Å². The van der Waals surface area contributed by atoms with Gasteiger partial charge in [0.25, 0.3) is 0 Å². The van der Waals surface area contributed by atoms with Crippen LogP contribution in [0.25, 0.3) is 0 Å². The predicted octanol–water partition coefficient (Wildman–Crippen LogP) is 3.10. The SMILES string of the molecule is [CH2]CC.[CH2]c1ccccc1. The van der Waals surface area contributed by atoms with Gasteiger partial charge in [-0.05, 0) is 12.5 Å². The molecule has 10 heavy (non-hydrogen) atoms. The molecule has 0 aliphatic heterocycles. The maximum Gasteiger partial charge on any atom is -0.0238 e. The molecule has 0 saturated heterocycles. The lowest BCUT2D eigenvalue weighted by molar-refractivity contribution is 1.23. The van der Waals surface area contributed by atoms with Gasteiger partial charge in [0.1, 0.15) is 0 Å². The van der Waals surface area contributed by atoms with E-state index in [9.17, 15) is 0 Å². The second-order valence-electron chi connectivity index (χ2n) is 1.99. The molecule has 0 N–H and O–H groups in total. The van der Waals surface area contributed by atoms with Crippen LogP contribution in [-0.4, -0.2) is 0 Å². The predicted molar refractivity (Wildman–Crippen MR) is 46.5 cm³/mol. The summed E-state index contributed by atoms with van der Waals surface area (Å²) < 4.78 is 0. The minimum Gasteiger partial charge on any atom is -0.0654 e. The Balaban J connectivity index is 0.000000236. The maximum atomic E-state index is 3.72. The Hall–Kier alpha value is -0.780. The maximum absolute atomic E-state index is 3.72. The number of benzene rings is 1.